The van der Waals surface area contributed by atoms with Crippen LogP contribution in [-0.2, 0) is 7.05 Å². The molecule has 3 aromatic rings. The van der Waals surface area contributed by atoms with Gasteiger partial charge in [-0.25, -0.2) is 15.0 Å². The van der Waals surface area contributed by atoms with Gasteiger partial charge in [0.25, 0.3) is 0 Å². The van der Waals surface area contributed by atoms with Gasteiger partial charge in [-0.2, -0.15) is 0 Å². The van der Waals surface area contributed by atoms with Crippen molar-refractivity contribution in [3.05, 3.63) is 30.5 Å². The molecule has 1 N–H and O–H groups in total. The predicted molar refractivity (Wildman–Crippen MR) is 66.0 cm³/mol. The average molecular weight is 245 g/mol. The van der Waals surface area contributed by atoms with E-state index < -0.39 is 0 Å². The smallest absolute Gasteiger partial charge is 0.174 e. The number of rotatable bonds is 2. The predicted octanol–water partition coefficient (Wildman–Crippen LogP) is 2.15. The molecule has 0 radical (unpaired) electrons. The van der Waals surface area contributed by atoms with Crippen molar-refractivity contribution in [2.24, 2.45) is 7.05 Å². The van der Waals surface area contributed by atoms with E-state index in [-0.39, 0.29) is 0 Å². The van der Waals surface area contributed by atoms with Gasteiger partial charge >= 0.3 is 0 Å². The number of aryl methyl sites for hydroxylation is 2. The van der Waals surface area contributed by atoms with Crippen molar-refractivity contribution in [2.45, 2.75) is 17.1 Å². The van der Waals surface area contributed by atoms with Crippen molar-refractivity contribution < 1.29 is 0 Å². The molecular weight excluding hydrogens is 234 g/mol. The molecule has 3 rings (SSSR count). The maximum Gasteiger partial charge on any atom is 0.174 e. The zero-order valence-electron chi connectivity index (χ0n) is 9.51. The lowest BCUT2D eigenvalue weighted by Gasteiger charge is -2.01. The Morgan fingerprint density at radius 2 is 2.18 bits per heavy atom. The van der Waals surface area contributed by atoms with Gasteiger partial charge in [0.2, 0.25) is 0 Å². The third kappa shape index (κ3) is 1.80. The maximum absolute atomic E-state index is 4.31. The molecule has 0 spiro atoms. The number of aromatic nitrogens is 5. The molecule has 0 aliphatic rings. The SMILES string of the molecule is Cc1cc2c(Sc3nccn3C)ncnc2[nH]1. The van der Waals surface area contributed by atoms with Gasteiger partial charge in [-0.05, 0) is 24.8 Å². The fourth-order valence-corrected chi connectivity index (χ4v) is 2.52. The average Bonchev–Trinajstić information content (AvgIpc) is 2.85. The van der Waals surface area contributed by atoms with Gasteiger partial charge in [-0.15, -0.1) is 0 Å². The van der Waals surface area contributed by atoms with Crippen molar-refractivity contribution in [1.29, 1.82) is 0 Å². The Balaban J connectivity index is 2.08. The number of hydrogen-bond acceptors (Lipinski definition) is 4. The summed E-state index contributed by atoms with van der Waals surface area (Å²) in [5.41, 5.74) is 1.95. The molecule has 0 atom stereocenters. The minimum atomic E-state index is 0.870. The van der Waals surface area contributed by atoms with Crippen molar-refractivity contribution in [3.8, 4) is 0 Å². The van der Waals surface area contributed by atoms with Crippen LogP contribution in [-0.4, -0.2) is 24.5 Å². The molecular formula is C11H11N5S. The molecule has 17 heavy (non-hydrogen) atoms. The van der Waals surface area contributed by atoms with E-state index in [1.54, 1.807) is 24.3 Å². The van der Waals surface area contributed by atoms with Crippen LogP contribution in [0.3, 0.4) is 0 Å². The molecule has 3 aromatic heterocycles. The second-order valence-corrected chi connectivity index (χ2v) is 4.77. The number of H-pyrrole nitrogens is 1. The number of hydrogen-bond donors (Lipinski definition) is 1. The Hall–Kier alpha value is -1.82. The number of nitrogens with one attached hydrogen (secondary N) is 1. The number of imidazole rings is 1. The van der Waals surface area contributed by atoms with Gasteiger partial charge in [0.05, 0.1) is 5.39 Å². The van der Waals surface area contributed by atoms with E-state index in [1.165, 1.54) is 0 Å². The Labute approximate surface area is 102 Å². The van der Waals surface area contributed by atoms with Crippen LogP contribution in [0.15, 0.2) is 35.0 Å². The highest BCUT2D eigenvalue weighted by atomic mass is 32.2. The minimum absolute atomic E-state index is 0.870. The first-order valence-corrected chi connectivity index (χ1v) is 6.01. The zero-order valence-corrected chi connectivity index (χ0v) is 10.3. The Bertz CT molecular complexity index is 669. The van der Waals surface area contributed by atoms with Gasteiger partial charge in [0.1, 0.15) is 17.0 Å². The standard InChI is InChI=1S/C11H11N5S/c1-7-5-8-9(15-7)13-6-14-10(8)17-11-12-3-4-16(11)2/h3-6H,1-2H3,(H,13,14,15). The highest BCUT2D eigenvalue weighted by Gasteiger charge is 2.10. The lowest BCUT2D eigenvalue weighted by atomic mass is 10.4. The fraction of sp³-hybridized carbons (Fsp3) is 0.182. The maximum atomic E-state index is 4.31. The van der Waals surface area contributed by atoms with E-state index in [1.807, 2.05) is 24.7 Å². The molecule has 0 saturated heterocycles. The molecule has 5 nitrogen and oxygen atoms in total. The lowest BCUT2D eigenvalue weighted by Crippen LogP contribution is -1.90. The first-order chi connectivity index (χ1) is 8.24. The summed E-state index contributed by atoms with van der Waals surface area (Å²) in [6, 6.07) is 2.06. The van der Waals surface area contributed by atoms with Crippen molar-refractivity contribution in [3.63, 3.8) is 0 Å². The molecule has 86 valence electrons. The quantitative estimate of drug-likeness (QED) is 0.703. The Morgan fingerprint density at radius 3 is 2.94 bits per heavy atom. The molecule has 0 aliphatic heterocycles. The fourth-order valence-electron chi connectivity index (χ4n) is 1.67. The summed E-state index contributed by atoms with van der Waals surface area (Å²) < 4.78 is 1.97. The van der Waals surface area contributed by atoms with Crippen LogP contribution in [0.5, 0.6) is 0 Å². The van der Waals surface area contributed by atoms with Crippen molar-refractivity contribution in [2.75, 3.05) is 0 Å². The van der Waals surface area contributed by atoms with Crippen LogP contribution in [0.25, 0.3) is 11.0 Å². The molecule has 0 aromatic carbocycles. The third-order valence-electron chi connectivity index (χ3n) is 2.49. The normalized spacial score (nSPS) is 11.2. The van der Waals surface area contributed by atoms with E-state index in [0.717, 1.165) is 26.9 Å². The monoisotopic (exact) mass is 245 g/mol. The molecule has 3 heterocycles. The second-order valence-electron chi connectivity index (χ2n) is 3.82. The van der Waals surface area contributed by atoms with E-state index in [4.69, 9.17) is 0 Å². The lowest BCUT2D eigenvalue weighted by molar-refractivity contribution is 0.789. The van der Waals surface area contributed by atoms with Crippen LogP contribution in [0.1, 0.15) is 5.69 Å². The second kappa shape index (κ2) is 3.89. The van der Waals surface area contributed by atoms with E-state index in [2.05, 4.69) is 26.0 Å². The van der Waals surface area contributed by atoms with Crippen LogP contribution in [0.4, 0.5) is 0 Å². The minimum Gasteiger partial charge on any atom is -0.343 e. The highest BCUT2D eigenvalue weighted by molar-refractivity contribution is 7.99. The molecule has 0 aliphatic carbocycles. The summed E-state index contributed by atoms with van der Waals surface area (Å²) in [5.74, 6) is 0. The molecule has 0 unspecified atom stereocenters. The summed E-state index contributed by atoms with van der Waals surface area (Å²) in [6.45, 7) is 2.01. The first kappa shape index (κ1) is 10.3. The van der Waals surface area contributed by atoms with E-state index >= 15 is 0 Å². The van der Waals surface area contributed by atoms with Crippen LogP contribution >= 0.6 is 11.8 Å². The summed E-state index contributed by atoms with van der Waals surface area (Å²) in [7, 11) is 1.97. The van der Waals surface area contributed by atoms with Crippen molar-refractivity contribution in [1.82, 2.24) is 24.5 Å². The van der Waals surface area contributed by atoms with Crippen LogP contribution in [0, 0.1) is 6.92 Å². The van der Waals surface area contributed by atoms with Gasteiger partial charge < -0.3 is 9.55 Å². The van der Waals surface area contributed by atoms with Gasteiger partial charge in [-0.3, -0.25) is 0 Å². The summed E-state index contributed by atoms with van der Waals surface area (Å²) in [4.78, 5) is 16.0. The largest absolute Gasteiger partial charge is 0.343 e. The van der Waals surface area contributed by atoms with E-state index in [9.17, 15) is 0 Å². The third-order valence-corrected chi connectivity index (χ3v) is 3.58. The Kier molecular flexibility index (Phi) is 2.36. The molecule has 0 saturated carbocycles. The molecule has 0 fully saturated rings. The van der Waals surface area contributed by atoms with Gasteiger partial charge in [0, 0.05) is 25.1 Å². The summed E-state index contributed by atoms with van der Waals surface area (Å²) >= 11 is 1.54. The van der Waals surface area contributed by atoms with E-state index in [0.29, 0.717) is 0 Å². The number of nitrogens with zero attached hydrogens (tertiary/aromatic N) is 4. The highest BCUT2D eigenvalue weighted by Crippen LogP contribution is 2.29. The summed E-state index contributed by atoms with van der Waals surface area (Å²) in [6.07, 6.45) is 5.27. The molecule has 0 bridgehead atoms. The molecule has 0 amide bonds. The van der Waals surface area contributed by atoms with Crippen LogP contribution in [0.2, 0.25) is 0 Å². The molecule has 6 heteroatoms. The van der Waals surface area contributed by atoms with Crippen molar-refractivity contribution >= 4 is 22.8 Å². The first-order valence-electron chi connectivity index (χ1n) is 5.19. The summed E-state index contributed by atoms with van der Waals surface area (Å²) in [5, 5.41) is 2.88. The zero-order chi connectivity index (χ0) is 11.8. The number of aromatic amines is 1. The van der Waals surface area contributed by atoms with Crippen LogP contribution < -0.4 is 0 Å². The van der Waals surface area contributed by atoms with Gasteiger partial charge in [0.15, 0.2) is 5.16 Å². The Morgan fingerprint density at radius 1 is 1.29 bits per heavy atom. The van der Waals surface area contributed by atoms with Gasteiger partial charge in [-0.1, -0.05) is 0 Å². The number of fused-ring (bicyclic) bond motifs is 1. The topological polar surface area (TPSA) is 59.4 Å².